The average molecular weight is 356 g/mol. The van der Waals surface area contributed by atoms with E-state index >= 15 is 0 Å². The lowest BCUT2D eigenvalue weighted by Crippen LogP contribution is -2.17. The van der Waals surface area contributed by atoms with E-state index in [0.29, 0.717) is 11.3 Å². The second kappa shape index (κ2) is 8.27. The summed E-state index contributed by atoms with van der Waals surface area (Å²) >= 11 is 0. The molecule has 0 aromatic heterocycles. The molecule has 0 aliphatic carbocycles. The van der Waals surface area contributed by atoms with Crippen molar-refractivity contribution in [3.05, 3.63) is 60.2 Å². The molecule has 0 saturated carbocycles. The van der Waals surface area contributed by atoms with Crippen molar-refractivity contribution >= 4 is 19.2 Å². The molecule has 0 fully saturated rings. The molecular formula is C17H16F3O3P. The van der Waals surface area contributed by atoms with Crippen molar-refractivity contribution in [3.63, 3.8) is 0 Å². The van der Waals surface area contributed by atoms with Gasteiger partial charge in [0, 0.05) is 17.5 Å². The number of rotatable bonds is 7. The number of alkyl halides is 3. The zero-order valence-corrected chi connectivity index (χ0v) is 13.8. The van der Waals surface area contributed by atoms with Gasteiger partial charge in [-0.2, -0.15) is 13.2 Å². The molecule has 0 heterocycles. The van der Waals surface area contributed by atoms with Crippen LogP contribution in [0.2, 0.25) is 0 Å². The summed E-state index contributed by atoms with van der Waals surface area (Å²) in [7, 11) is -2.69. The smallest absolute Gasteiger partial charge is 0.434 e. The summed E-state index contributed by atoms with van der Waals surface area (Å²) in [5.41, 5.74) is 0.519. The van der Waals surface area contributed by atoms with Gasteiger partial charge >= 0.3 is 5.92 Å². The first kappa shape index (κ1) is 18.4. The van der Waals surface area contributed by atoms with Gasteiger partial charge < -0.3 is 9.26 Å². The molecular weight excluding hydrogens is 340 g/mol. The number of ether oxygens (including phenoxy) is 1. The normalized spacial score (nSPS) is 12.7. The van der Waals surface area contributed by atoms with Crippen molar-refractivity contribution in [3.8, 4) is 5.75 Å². The lowest BCUT2D eigenvalue weighted by molar-refractivity contribution is -0.0480. The first-order valence-electron chi connectivity index (χ1n) is 7.23. The Morgan fingerprint density at radius 3 is 2.21 bits per heavy atom. The molecule has 0 aliphatic rings. The maximum absolute atomic E-state index is 13.0. The fourth-order valence-corrected chi connectivity index (χ4v) is 3.22. The van der Waals surface area contributed by atoms with Crippen molar-refractivity contribution in [1.82, 2.24) is 0 Å². The van der Waals surface area contributed by atoms with Gasteiger partial charge in [0.2, 0.25) is 0 Å². The zero-order valence-electron chi connectivity index (χ0n) is 12.9. The van der Waals surface area contributed by atoms with Gasteiger partial charge in [0.25, 0.3) is 0 Å². The number of Topliss-reactive ketones (excluding diaryl/α,β-unsaturated/α-hetero) is 1. The van der Waals surface area contributed by atoms with Crippen molar-refractivity contribution in [2.24, 2.45) is 0 Å². The molecule has 0 radical (unpaired) electrons. The van der Waals surface area contributed by atoms with Crippen molar-refractivity contribution in [2.45, 2.75) is 12.8 Å². The van der Waals surface area contributed by atoms with E-state index < -0.39 is 14.1 Å². The third kappa shape index (κ3) is 5.05. The summed E-state index contributed by atoms with van der Waals surface area (Å²) in [4.78, 5) is 11.9. The lowest BCUT2D eigenvalue weighted by atomic mass is 10.1. The van der Waals surface area contributed by atoms with Crippen LogP contribution in [-0.2, 0) is 4.52 Å². The number of hydrogen-bond donors (Lipinski definition) is 0. The Kier molecular flexibility index (Phi) is 6.35. The number of benzene rings is 2. The van der Waals surface area contributed by atoms with E-state index in [1.165, 1.54) is 31.2 Å². The highest BCUT2D eigenvalue weighted by molar-refractivity contribution is 7.61. The monoisotopic (exact) mass is 356 g/mol. The summed E-state index contributed by atoms with van der Waals surface area (Å²) in [6.45, 7) is 1.33. The van der Waals surface area contributed by atoms with Gasteiger partial charge in [0.15, 0.2) is 20.5 Å². The minimum Gasteiger partial charge on any atom is -0.485 e. The van der Waals surface area contributed by atoms with E-state index in [1.54, 1.807) is 30.3 Å². The molecule has 1 unspecified atom stereocenters. The second-order valence-corrected chi connectivity index (χ2v) is 6.62. The SMILES string of the molecule is CCOP(c1ccc(OCC(=O)c2ccccc2)cc1)C(F)(F)F. The van der Waals surface area contributed by atoms with E-state index in [-0.39, 0.29) is 24.3 Å². The summed E-state index contributed by atoms with van der Waals surface area (Å²) in [6, 6.07) is 14.1. The average Bonchev–Trinajstić information content (AvgIpc) is 2.58. The minimum atomic E-state index is -4.42. The third-order valence-electron chi connectivity index (χ3n) is 3.03. The van der Waals surface area contributed by atoms with Crippen LogP contribution in [0, 0.1) is 0 Å². The molecule has 2 aromatic rings. The van der Waals surface area contributed by atoms with Gasteiger partial charge in [-0.15, -0.1) is 0 Å². The van der Waals surface area contributed by atoms with Crippen LogP contribution in [0.1, 0.15) is 17.3 Å². The molecule has 0 saturated heterocycles. The van der Waals surface area contributed by atoms with Crippen LogP contribution >= 0.6 is 8.15 Å². The van der Waals surface area contributed by atoms with Crippen LogP contribution < -0.4 is 10.0 Å². The van der Waals surface area contributed by atoms with Gasteiger partial charge in [-0.05, 0) is 31.2 Å². The minimum absolute atomic E-state index is 0.0188. The Labute approximate surface area is 139 Å². The predicted molar refractivity (Wildman–Crippen MR) is 86.9 cm³/mol. The van der Waals surface area contributed by atoms with Crippen LogP contribution in [-0.4, -0.2) is 24.9 Å². The highest BCUT2D eigenvalue weighted by atomic mass is 31.1. The van der Waals surface area contributed by atoms with E-state index in [0.717, 1.165) is 0 Å². The molecule has 0 bridgehead atoms. The fraction of sp³-hybridized carbons (Fsp3) is 0.235. The molecule has 1 atom stereocenters. The van der Waals surface area contributed by atoms with Gasteiger partial charge in [-0.1, -0.05) is 30.3 Å². The van der Waals surface area contributed by atoms with E-state index in [4.69, 9.17) is 9.26 Å². The number of ketones is 1. The Bertz CT molecular complexity index is 657. The van der Waals surface area contributed by atoms with Crippen LogP contribution in [0.15, 0.2) is 54.6 Å². The number of carbonyl (C=O) groups is 1. The molecule has 7 heteroatoms. The summed E-state index contributed by atoms with van der Waals surface area (Å²) < 4.78 is 49.1. The maximum Gasteiger partial charge on any atom is 0.434 e. The topological polar surface area (TPSA) is 35.5 Å². The first-order valence-corrected chi connectivity index (χ1v) is 8.48. The van der Waals surface area contributed by atoms with Crippen molar-refractivity contribution in [2.75, 3.05) is 13.2 Å². The Morgan fingerprint density at radius 2 is 1.67 bits per heavy atom. The highest BCUT2D eigenvalue weighted by Gasteiger charge is 2.42. The van der Waals surface area contributed by atoms with Gasteiger partial charge in [0.05, 0.1) is 0 Å². The van der Waals surface area contributed by atoms with Crippen molar-refractivity contribution < 1.29 is 27.2 Å². The summed E-state index contributed by atoms with van der Waals surface area (Å²) in [5.74, 6) is -4.29. The standard InChI is InChI=1S/C17H16F3O3P/c1-2-23-24(17(18,19)20)15-10-8-14(9-11-15)22-12-16(21)13-6-4-3-5-7-13/h3-11H,2,12H2,1H3. The highest BCUT2D eigenvalue weighted by Crippen LogP contribution is 2.53. The Morgan fingerprint density at radius 1 is 1.04 bits per heavy atom. The van der Waals surface area contributed by atoms with E-state index in [1.807, 2.05) is 0 Å². The van der Waals surface area contributed by atoms with Crippen LogP contribution in [0.5, 0.6) is 5.75 Å². The third-order valence-corrected chi connectivity index (χ3v) is 4.77. The number of carbonyl (C=O) groups excluding carboxylic acids is 1. The van der Waals surface area contributed by atoms with Crippen LogP contribution in [0.4, 0.5) is 13.2 Å². The molecule has 128 valence electrons. The molecule has 2 aromatic carbocycles. The van der Waals surface area contributed by atoms with Gasteiger partial charge in [-0.25, -0.2) is 0 Å². The largest absolute Gasteiger partial charge is 0.485 e. The molecule has 0 spiro atoms. The summed E-state index contributed by atoms with van der Waals surface area (Å²) in [6.07, 6.45) is 0. The Hall–Kier alpha value is -1.91. The number of halogens is 3. The molecule has 0 aliphatic heterocycles. The van der Waals surface area contributed by atoms with Crippen molar-refractivity contribution in [1.29, 1.82) is 0 Å². The molecule has 24 heavy (non-hydrogen) atoms. The summed E-state index contributed by atoms with van der Waals surface area (Å²) in [5, 5.41) is 0.0566. The quantitative estimate of drug-likeness (QED) is 0.540. The zero-order chi connectivity index (χ0) is 17.6. The van der Waals surface area contributed by atoms with E-state index in [2.05, 4.69) is 0 Å². The van der Waals surface area contributed by atoms with Gasteiger partial charge in [-0.3, -0.25) is 4.79 Å². The molecule has 0 amide bonds. The van der Waals surface area contributed by atoms with Gasteiger partial charge in [0.1, 0.15) is 5.75 Å². The molecule has 2 rings (SSSR count). The maximum atomic E-state index is 13.0. The van der Waals surface area contributed by atoms with Crippen LogP contribution in [0.3, 0.4) is 0 Å². The molecule has 3 nitrogen and oxygen atoms in total. The Balaban J connectivity index is 2.00. The number of hydrogen-bond acceptors (Lipinski definition) is 3. The lowest BCUT2D eigenvalue weighted by Gasteiger charge is -2.19. The van der Waals surface area contributed by atoms with E-state index in [9.17, 15) is 18.0 Å². The fourth-order valence-electron chi connectivity index (χ4n) is 1.96. The first-order chi connectivity index (χ1) is 11.4. The molecule has 0 N–H and O–H groups in total. The van der Waals surface area contributed by atoms with Crippen LogP contribution in [0.25, 0.3) is 0 Å². The second-order valence-electron chi connectivity index (χ2n) is 4.75. The predicted octanol–water partition coefficient (Wildman–Crippen LogP) is 4.53.